The van der Waals surface area contributed by atoms with Gasteiger partial charge in [-0.1, -0.05) is 0 Å². The van der Waals surface area contributed by atoms with E-state index in [4.69, 9.17) is 4.74 Å². The number of hydrogen-bond donors (Lipinski definition) is 1. The highest BCUT2D eigenvalue weighted by Crippen LogP contribution is 2.13. The molecular weight excluding hydrogens is 154 g/mol. The zero-order valence-electron chi connectivity index (χ0n) is 6.73. The molecule has 0 bridgehead atoms. The van der Waals surface area contributed by atoms with Crippen LogP contribution in [0.1, 0.15) is 12.8 Å². The van der Waals surface area contributed by atoms with Crippen LogP contribution in [0.15, 0.2) is 18.6 Å². The molecule has 4 heteroatoms. The standard InChI is InChI=1S/C8H11N3O/c1-2-8(12-5-1)11-7-3-4-9-6-10-7/h3-4,6,8H,1-2,5H2,(H,9,10,11). The van der Waals surface area contributed by atoms with Gasteiger partial charge in [-0.05, 0) is 18.9 Å². The maximum Gasteiger partial charge on any atom is 0.131 e. The molecule has 4 nitrogen and oxygen atoms in total. The molecule has 1 aromatic heterocycles. The summed E-state index contributed by atoms with van der Waals surface area (Å²) in [5.41, 5.74) is 0. The fourth-order valence-electron chi connectivity index (χ4n) is 1.23. The summed E-state index contributed by atoms with van der Waals surface area (Å²) in [5.74, 6) is 0.830. The molecule has 1 aliphatic rings. The third kappa shape index (κ3) is 1.71. The number of aromatic nitrogens is 2. The number of nitrogens with zero attached hydrogens (tertiary/aromatic N) is 2. The topological polar surface area (TPSA) is 47.0 Å². The fourth-order valence-corrected chi connectivity index (χ4v) is 1.23. The quantitative estimate of drug-likeness (QED) is 0.710. The van der Waals surface area contributed by atoms with E-state index in [0.29, 0.717) is 0 Å². The minimum Gasteiger partial charge on any atom is -0.359 e. The predicted molar refractivity (Wildman–Crippen MR) is 44.6 cm³/mol. The van der Waals surface area contributed by atoms with E-state index in [1.165, 1.54) is 6.33 Å². The fraction of sp³-hybridized carbons (Fsp3) is 0.500. The van der Waals surface area contributed by atoms with E-state index in [1.54, 1.807) is 6.20 Å². The lowest BCUT2D eigenvalue weighted by Gasteiger charge is -2.11. The number of nitrogens with one attached hydrogen (secondary N) is 1. The second-order valence-electron chi connectivity index (χ2n) is 2.74. The Labute approximate surface area is 71.0 Å². The van der Waals surface area contributed by atoms with Gasteiger partial charge in [0.05, 0.1) is 0 Å². The van der Waals surface area contributed by atoms with Crippen LogP contribution in [0.3, 0.4) is 0 Å². The van der Waals surface area contributed by atoms with E-state index in [2.05, 4.69) is 15.3 Å². The van der Waals surface area contributed by atoms with Crippen LogP contribution < -0.4 is 5.32 Å². The van der Waals surface area contributed by atoms with Gasteiger partial charge in [-0.3, -0.25) is 0 Å². The molecule has 2 heterocycles. The van der Waals surface area contributed by atoms with Gasteiger partial charge in [0.25, 0.3) is 0 Å². The second-order valence-corrected chi connectivity index (χ2v) is 2.74. The molecule has 0 spiro atoms. The summed E-state index contributed by atoms with van der Waals surface area (Å²) >= 11 is 0. The van der Waals surface area contributed by atoms with E-state index in [-0.39, 0.29) is 6.23 Å². The molecule has 0 aromatic carbocycles. The van der Waals surface area contributed by atoms with Crippen molar-refractivity contribution in [2.75, 3.05) is 11.9 Å². The number of rotatable bonds is 2. The molecule has 1 atom stereocenters. The Bertz CT molecular complexity index is 233. The van der Waals surface area contributed by atoms with Crippen molar-refractivity contribution in [2.24, 2.45) is 0 Å². The summed E-state index contributed by atoms with van der Waals surface area (Å²) in [5, 5.41) is 3.17. The van der Waals surface area contributed by atoms with Crippen LogP contribution in [-0.2, 0) is 4.74 Å². The summed E-state index contributed by atoms with van der Waals surface area (Å²) in [6, 6.07) is 1.84. The van der Waals surface area contributed by atoms with E-state index in [1.807, 2.05) is 6.07 Å². The molecule has 12 heavy (non-hydrogen) atoms. The highest BCUT2D eigenvalue weighted by atomic mass is 16.5. The van der Waals surface area contributed by atoms with Crippen LogP contribution in [0.25, 0.3) is 0 Å². The molecule has 1 unspecified atom stereocenters. The number of anilines is 1. The molecule has 1 saturated heterocycles. The average Bonchev–Trinajstić information content (AvgIpc) is 2.59. The van der Waals surface area contributed by atoms with Gasteiger partial charge in [0, 0.05) is 12.8 Å². The summed E-state index contributed by atoms with van der Waals surface area (Å²) in [7, 11) is 0. The Hall–Kier alpha value is -1.16. The van der Waals surface area contributed by atoms with Crippen LogP contribution in [0.2, 0.25) is 0 Å². The number of hydrogen-bond acceptors (Lipinski definition) is 4. The van der Waals surface area contributed by atoms with Gasteiger partial charge in [0.1, 0.15) is 18.4 Å². The van der Waals surface area contributed by atoms with Gasteiger partial charge in [-0.2, -0.15) is 0 Å². The lowest BCUT2D eigenvalue weighted by Crippen LogP contribution is -2.17. The van der Waals surface area contributed by atoms with E-state index < -0.39 is 0 Å². The van der Waals surface area contributed by atoms with Crippen molar-refractivity contribution in [3.63, 3.8) is 0 Å². The second kappa shape index (κ2) is 3.49. The first-order valence-electron chi connectivity index (χ1n) is 4.09. The van der Waals surface area contributed by atoms with Crippen molar-refractivity contribution in [2.45, 2.75) is 19.1 Å². The SMILES string of the molecule is c1cc(NC2CCCO2)ncn1. The first kappa shape index (κ1) is 7.49. The summed E-state index contributed by atoms with van der Waals surface area (Å²) in [6.45, 7) is 0.850. The zero-order chi connectivity index (χ0) is 8.23. The first-order chi connectivity index (χ1) is 5.95. The molecule has 0 amide bonds. The minimum absolute atomic E-state index is 0.139. The van der Waals surface area contributed by atoms with Crippen molar-refractivity contribution in [3.8, 4) is 0 Å². The van der Waals surface area contributed by atoms with Crippen LogP contribution in [0.4, 0.5) is 5.82 Å². The molecule has 1 aromatic rings. The van der Waals surface area contributed by atoms with Gasteiger partial charge < -0.3 is 10.1 Å². The molecule has 2 rings (SSSR count). The Morgan fingerprint density at radius 3 is 3.25 bits per heavy atom. The predicted octanol–water partition coefficient (Wildman–Crippen LogP) is 1.02. The van der Waals surface area contributed by atoms with E-state index in [9.17, 15) is 0 Å². The molecule has 0 radical (unpaired) electrons. The molecule has 1 N–H and O–H groups in total. The van der Waals surface area contributed by atoms with Crippen LogP contribution >= 0.6 is 0 Å². The Balaban J connectivity index is 1.94. The van der Waals surface area contributed by atoms with Gasteiger partial charge in [0.2, 0.25) is 0 Å². The monoisotopic (exact) mass is 165 g/mol. The summed E-state index contributed by atoms with van der Waals surface area (Å²) in [6.07, 6.45) is 5.56. The molecule has 0 aliphatic carbocycles. The normalized spacial score (nSPS) is 22.5. The maximum atomic E-state index is 5.39. The molecule has 1 fully saturated rings. The minimum atomic E-state index is 0.139. The lowest BCUT2D eigenvalue weighted by molar-refractivity contribution is 0.131. The zero-order valence-corrected chi connectivity index (χ0v) is 6.73. The van der Waals surface area contributed by atoms with E-state index in [0.717, 1.165) is 25.3 Å². The molecule has 1 aliphatic heterocycles. The first-order valence-corrected chi connectivity index (χ1v) is 4.09. The molecular formula is C8H11N3O. The van der Waals surface area contributed by atoms with Crippen LogP contribution in [-0.4, -0.2) is 22.8 Å². The Kier molecular flexibility index (Phi) is 2.18. The van der Waals surface area contributed by atoms with Gasteiger partial charge in [0.15, 0.2) is 0 Å². The van der Waals surface area contributed by atoms with Crippen LogP contribution in [0.5, 0.6) is 0 Å². The summed E-state index contributed by atoms with van der Waals surface area (Å²) < 4.78 is 5.39. The van der Waals surface area contributed by atoms with Gasteiger partial charge in [-0.25, -0.2) is 9.97 Å². The van der Waals surface area contributed by atoms with Gasteiger partial charge >= 0.3 is 0 Å². The van der Waals surface area contributed by atoms with Gasteiger partial charge in [-0.15, -0.1) is 0 Å². The summed E-state index contributed by atoms with van der Waals surface area (Å²) in [4.78, 5) is 7.87. The average molecular weight is 165 g/mol. The third-order valence-corrected chi connectivity index (χ3v) is 1.82. The molecule has 0 saturated carbocycles. The van der Waals surface area contributed by atoms with E-state index >= 15 is 0 Å². The highest BCUT2D eigenvalue weighted by Gasteiger charge is 2.14. The number of ether oxygens (including phenoxy) is 1. The van der Waals surface area contributed by atoms with Crippen molar-refractivity contribution in [1.29, 1.82) is 0 Å². The lowest BCUT2D eigenvalue weighted by atomic mass is 10.3. The van der Waals surface area contributed by atoms with Crippen LogP contribution in [0, 0.1) is 0 Å². The highest BCUT2D eigenvalue weighted by molar-refractivity contribution is 5.32. The van der Waals surface area contributed by atoms with Crippen molar-refractivity contribution < 1.29 is 4.74 Å². The Morgan fingerprint density at radius 2 is 2.58 bits per heavy atom. The largest absolute Gasteiger partial charge is 0.359 e. The molecule has 64 valence electrons. The smallest absolute Gasteiger partial charge is 0.131 e. The van der Waals surface area contributed by atoms with Crippen molar-refractivity contribution >= 4 is 5.82 Å². The maximum absolute atomic E-state index is 5.39. The van der Waals surface area contributed by atoms with Crippen molar-refractivity contribution in [3.05, 3.63) is 18.6 Å². The Morgan fingerprint density at radius 1 is 1.58 bits per heavy atom. The third-order valence-electron chi connectivity index (χ3n) is 1.82. The van der Waals surface area contributed by atoms with Crippen molar-refractivity contribution in [1.82, 2.24) is 9.97 Å².